The lowest BCUT2D eigenvalue weighted by Gasteiger charge is -0.707. The van der Waals surface area contributed by atoms with Crippen LogP contribution in [-0.2, 0) is 0 Å². The van der Waals surface area contributed by atoms with Gasteiger partial charge in [-0.25, -0.2) is 0 Å². The van der Waals surface area contributed by atoms with Crippen LogP contribution in [0.1, 0.15) is 34.8 Å². The van der Waals surface area contributed by atoms with Gasteiger partial charge in [0.15, 0.2) is 0 Å². The molecule has 0 unspecified atom stereocenters. The number of hydrogen-bond acceptors (Lipinski definition) is 4. The Morgan fingerprint density at radius 3 is 0.600 bits per heavy atom. The van der Waals surface area contributed by atoms with Crippen molar-refractivity contribution >= 4 is 0 Å². The molecule has 0 atom stereocenters. The van der Waals surface area contributed by atoms with Crippen LogP contribution >= 0.6 is 0 Å². The predicted octanol–water partition coefficient (Wildman–Crippen LogP) is 0.483. The molecule has 8 heteroatoms. The summed E-state index contributed by atoms with van der Waals surface area (Å²) in [5.74, 6) is 0. The highest BCUT2D eigenvalue weighted by Crippen LogP contribution is 0.743. The lowest BCUT2D eigenvalue weighted by Crippen LogP contribution is -0.674. The zero-order chi connectivity index (χ0) is 4.00. The summed E-state index contributed by atoms with van der Waals surface area (Å²) in [5.41, 5.74) is 0. The van der Waals surface area contributed by atoms with Crippen LogP contribution in [0.25, 0.3) is 0 Å². The third-order valence-corrected chi connectivity index (χ3v) is 0. The number of rotatable bonds is 0. The van der Waals surface area contributed by atoms with Crippen LogP contribution < -0.4 is 0 Å². The molecule has 0 spiro atoms. The van der Waals surface area contributed by atoms with Gasteiger partial charge in [0.1, 0.15) is 0 Å². The fourth-order valence-corrected chi connectivity index (χ4v) is 0. The van der Waals surface area contributed by atoms with E-state index >= 15 is 0 Å². The molecule has 0 saturated heterocycles. The molecule has 0 aliphatic rings. The van der Waals surface area contributed by atoms with E-state index in [9.17, 15) is 0 Å². The van der Waals surface area contributed by atoms with Crippen molar-refractivity contribution in [2.75, 3.05) is 0 Å². The maximum absolute atomic E-state index is 7.00. The van der Waals surface area contributed by atoms with Gasteiger partial charge in [-0.15, -0.1) is 0 Å². The molecule has 0 fully saturated rings. The first kappa shape index (κ1) is 540. The zero-order valence-corrected chi connectivity index (χ0v) is 3.63. The van der Waals surface area contributed by atoms with Crippen molar-refractivity contribution in [1.29, 1.82) is 0 Å². The van der Waals surface area contributed by atoms with E-state index in [1.807, 2.05) is 0 Å². The molecule has 0 amide bonds. The van der Waals surface area contributed by atoms with E-state index in [-0.39, 0.29) is 56.7 Å². The summed E-state index contributed by atoms with van der Waals surface area (Å²) < 4.78 is 0. The minimum atomic E-state index is 0. The van der Waals surface area contributed by atoms with Gasteiger partial charge < -0.3 is 21.9 Å². The predicted molar refractivity (Wildman–Crippen MR) is 63.0 cm³/mol. The van der Waals surface area contributed by atoms with Crippen molar-refractivity contribution in [3.8, 4) is 0 Å². The molecular formula is C2H36O8+8. The Hall–Kier alpha value is -0.960. The standard InChI is InChI=1S/2CH4.2O2.4H2O.6H2/c;;2*1-2;;;;;;;;;;/h2*1H4;;;4*1H2;6*1H/p+8. The zero-order valence-electron chi connectivity index (χ0n) is 11.6. The summed E-state index contributed by atoms with van der Waals surface area (Å²) in [4.78, 5) is 28.0. The van der Waals surface area contributed by atoms with Crippen molar-refractivity contribution in [2.24, 2.45) is 0 Å². The Labute approximate surface area is 78.7 Å². The van der Waals surface area contributed by atoms with Crippen LogP contribution in [0.4, 0.5) is 0 Å². The molecular weight excluding hydrogens is 152 g/mol. The van der Waals surface area contributed by atoms with Gasteiger partial charge in [-0.1, -0.05) is 14.9 Å². The van der Waals surface area contributed by atoms with E-state index in [0.29, 0.717) is 0 Å². The lowest BCUT2D eigenvalue weighted by molar-refractivity contribution is 0.823. The van der Waals surface area contributed by atoms with Crippen molar-refractivity contribution < 1.29 is 41.9 Å². The second kappa shape index (κ2) is 432. The van der Waals surface area contributed by atoms with Crippen molar-refractivity contribution in [3.05, 3.63) is 19.9 Å². The summed E-state index contributed by atoms with van der Waals surface area (Å²) in [5, 5.41) is 0. The quantitative estimate of drug-likeness (QED) is 0.533. The molecule has 0 aliphatic heterocycles. The molecule has 0 rings (SSSR count). The maximum atomic E-state index is 7.00. The molecule has 0 radical (unpaired) electrons. The fourth-order valence-electron chi connectivity index (χ4n) is 0. The fraction of sp³-hybridized carbons (Fsp3) is 1.00. The Balaban J connectivity index is -0.0000000000909. The minimum Gasteiger partial charge on any atom is -0.412 e. The monoisotopic (exact) mass is 188 g/mol. The van der Waals surface area contributed by atoms with Crippen molar-refractivity contribution in [3.63, 3.8) is 0 Å². The van der Waals surface area contributed by atoms with E-state index in [1.165, 1.54) is 0 Å². The van der Waals surface area contributed by atoms with E-state index in [1.54, 1.807) is 0 Å². The lowest BCUT2D eigenvalue weighted by atomic mass is 12.0. The van der Waals surface area contributed by atoms with Gasteiger partial charge in [0.25, 0.3) is 0 Å². The summed E-state index contributed by atoms with van der Waals surface area (Å²) in [6.45, 7) is 0. The van der Waals surface area contributed by atoms with Gasteiger partial charge in [-0.3, -0.25) is 0 Å². The Bertz CT molecular complexity index is 32.7. The first-order valence-electron chi connectivity index (χ1n) is 0.333. The number of hydrogen-bond donors (Lipinski definition) is 0. The van der Waals surface area contributed by atoms with Gasteiger partial charge in [0, 0.05) is 28.4 Å². The highest BCUT2D eigenvalue weighted by molar-refractivity contribution is 4.08. The van der Waals surface area contributed by atoms with Gasteiger partial charge >= 0.3 is 11.4 Å². The molecule has 84 valence electrons. The second-order valence-electron chi connectivity index (χ2n) is 0. The molecule has 8 nitrogen and oxygen atoms in total. The third kappa shape index (κ3) is 279. The molecule has 0 saturated carbocycles. The van der Waals surface area contributed by atoms with Gasteiger partial charge in [-0.2, -0.15) is 0 Å². The van der Waals surface area contributed by atoms with Gasteiger partial charge in [0.2, 0.25) is 0 Å². The first-order chi connectivity index (χ1) is 2.00. The van der Waals surface area contributed by atoms with Crippen LogP contribution in [-0.4, -0.2) is 21.9 Å². The molecule has 0 aromatic rings. The molecule has 0 aromatic heterocycles. The molecule has 0 aliphatic carbocycles. The van der Waals surface area contributed by atoms with E-state index in [4.69, 9.17) is 19.9 Å². The van der Waals surface area contributed by atoms with E-state index in [2.05, 4.69) is 0 Å². The Morgan fingerprint density at radius 1 is 0.600 bits per heavy atom. The van der Waals surface area contributed by atoms with Crippen molar-refractivity contribution in [2.45, 2.75) is 14.9 Å². The van der Waals surface area contributed by atoms with Crippen LogP contribution in [0.15, 0.2) is 0 Å². The molecule has 0 heterocycles. The largest absolute Gasteiger partial charge is 1.00 e. The third-order valence-electron chi connectivity index (χ3n) is 0. The summed E-state index contributed by atoms with van der Waals surface area (Å²) >= 11 is 0. The molecule has 8 N–H and O–H groups in total. The molecule has 10 heavy (non-hydrogen) atoms. The molecule has 0 bridgehead atoms. The van der Waals surface area contributed by atoms with Crippen LogP contribution in [0.3, 0.4) is 0 Å². The Kier molecular flexibility index (Phi) is 23400. The maximum Gasteiger partial charge on any atom is 1.00 e. The van der Waals surface area contributed by atoms with Crippen LogP contribution in [0.2, 0.25) is 0 Å². The van der Waals surface area contributed by atoms with Crippen LogP contribution in [0, 0.1) is 19.9 Å². The Morgan fingerprint density at radius 2 is 0.600 bits per heavy atom. The average Bonchev–Trinajstić information content (AvgIpc) is 1.50. The van der Waals surface area contributed by atoms with Gasteiger partial charge in [0.05, 0.1) is 0 Å². The summed E-state index contributed by atoms with van der Waals surface area (Å²) in [7, 11) is 0. The summed E-state index contributed by atoms with van der Waals surface area (Å²) in [6, 6.07) is 0. The minimum absolute atomic E-state index is 0. The highest BCUT2D eigenvalue weighted by Gasteiger charge is 0.709. The first-order valence-corrected chi connectivity index (χ1v) is 0.333. The van der Waals surface area contributed by atoms with E-state index in [0.717, 1.165) is 0 Å². The average molecular weight is 188 g/mol. The summed E-state index contributed by atoms with van der Waals surface area (Å²) in [6.07, 6.45) is 0. The van der Waals surface area contributed by atoms with E-state index < -0.39 is 0 Å². The SMILES string of the molecule is C.C.O.O.O.O.O=O.O=O.[H+].[H+].[H+].[H+].[H+].[H+].[H+].[H+].[HH].[HH].[HH].[HH].[HH].[HH]. The smallest absolute Gasteiger partial charge is 0.412 e. The second-order valence-corrected chi connectivity index (χ2v) is 0. The normalized spacial score (nSPS) is 0.800. The topological polar surface area (TPSA) is 194 Å². The van der Waals surface area contributed by atoms with Crippen molar-refractivity contribution in [1.82, 2.24) is 0 Å². The van der Waals surface area contributed by atoms with Gasteiger partial charge in [-0.05, 0) is 0 Å². The van der Waals surface area contributed by atoms with Crippen LogP contribution in [0.5, 0.6) is 0 Å². The molecule has 0 aromatic carbocycles. The highest BCUT2D eigenvalue weighted by atomic mass is 16.7.